The lowest BCUT2D eigenvalue weighted by Gasteiger charge is -2.10. The Morgan fingerprint density at radius 2 is 1.88 bits per heavy atom. The Kier molecular flexibility index (Phi) is 4.32. The first-order chi connectivity index (χ1) is 11.6. The van der Waals surface area contributed by atoms with Gasteiger partial charge in [0.25, 0.3) is 0 Å². The van der Waals surface area contributed by atoms with Crippen molar-refractivity contribution in [1.29, 1.82) is 5.26 Å². The molecule has 24 heavy (non-hydrogen) atoms. The standard InChI is InChI=1S/C19H20N4O/c1-4-17-22-18-12(2)16(11-20)13(3)21-19(18)23(17)15-7-5-14(6-8-15)9-10-24/h5-8,24H,4,9-10H2,1-3H3. The van der Waals surface area contributed by atoms with Gasteiger partial charge < -0.3 is 5.11 Å². The van der Waals surface area contributed by atoms with E-state index in [0.717, 1.165) is 45.9 Å². The van der Waals surface area contributed by atoms with Crippen molar-refractivity contribution in [3.05, 3.63) is 52.5 Å². The summed E-state index contributed by atoms with van der Waals surface area (Å²) in [4.78, 5) is 9.37. The molecule has 3 aromatic rings. The number of pyridine rings is 1. The van der Waals surface area contributed by atoms with E-state index in [2.05, 4.69) is 22.5 Å². The third kappa shape index (κ3) is 2.55. The normalized spacial score (nSPS) is 11.0. The maximum absolute atomic E-state index is 9.35. The van der Waals surface area contributed by atoms with E-state index >= 15 is 0 Å². The fourth-order valence-corrected chi connectivity index (χ4v) is 3.03. The van der Waals surface area contributed by atoms with E-state index in [1.807, 2.05) is 38.1 Å². The number of aliphatic hydroxyl groups excluding tert-OH is 1. The van der Waals surface area contributed by atoms with E-state index in [-0.39, 0.29) is 6.61 Å². The second kappa shape index (κ2) is 6.42. The molecular formula is C19H20N4O. The van der Waals surface area contributed by atoms with Crippen molar-refractivity contribution in [2.75, 3.05) is 6.61 Å². The Labute approximate surface area is 141 Å². The first kappa shape index (κ1) is 16.2. The first-order valence-corrected chi connectivity index (χ1v) is 8.09. The summed E-state index contributed by atoms with van der Waals surface area (Å²) in [5.74, 6) is 0.921. The number of hydrogen-bond donors (Lipinski definition) is 1. The van der Waals surface area contributed by atoms with Crippen molar-refractivity contribution in [1.82, 2.24) is 14.5 Å². The smallest absolute Gasteiger partial charge is 0.165 e. The van der Waals surface area contributed by atoms with Crippen LogP contribution in [0.1, 0.15) is 35.1 Å². The van der Waals surface area contributed by atoms with Crippen LogP contribution in [0.5, 0.6) is 0 Å². The second-order valence-electron chi connectivity index (χ2n) is 5.84. The molecule has 0 fully saturated rings. The molecule has 0 radical (unpaired) electrons. The molecule has 0 bridgehead atoms. The molecule has 0 aliphatic rings. The summed E-state index contributed by atoms with van der Waals surface area (Å²) in [6.45, 7) is 5.99. The van der Waals surface area contributed by atoms with Crippen LogP contribution < -0.4 is 0 Å². The summed E-state index contributed by atoms with van der Waals surface area (Å²) >= 11 is 0. The number of imidazole rings is 1. The number of nitrogens with zero attached hydrogens (tertiary/aromatic N) is 4. The van der Waals surface area contributed by atoms with E-state index < -0.39 is 0 Å². The zero-order valence-electron chi connectivity index (χ0n) is 14.2. The molecule has 3 rings (SSSR count). The Balaban J connectivity index is 2.25. The number of fused-ring (bicyclic) bond motifs is 1. The van der Waals surface area contributed by atoms with Crippen LogP contribution in [0.15, 0.2) is 24.3 Å². The zero-order valence-corrected chi connectivity index (χ0v) is 14.2. The molecular weight excluding hydrogens is 300 g/mol. The lowest BCUT2D eigenvalue weighted by molar-refractivity contribution is 0.299. The number of aliphatic hydroxyl groups is 1. The maximum atomic E-state index is 9.35. The highest BCUT2D eigenvalue weighted by molar-refractivity contribution is 5.80. The Morgan fingerprint density at radius 1 is 1.17 bits per heavy atom. The quantitative estimate of drug-likeness (QED) is 0.802. The first-order valence-electron chi connectivity index (χ1n) is 8.09. The summed E-state index contributed by atoms with van der Waals surface area (Å²) < 4.78 is 2.05. The average molecular weight is 320 g/mol. The fraction of sp³-hybridized carbons (Fsp3) is 0.316. The minimum Gasteiger partial charge on any atom is -0.396 e. The van der Waals surface area contributed by atoms with Crippen molar-refractivity contribution < 1.29 is 5.11 Å². The van der Waals surface area contributed by atoms with Crippen LogP contribution in [0.25, 0.3) is 16.9 Å². The molecule has 0 spiro atoms. The van der Waals surface area contributed by atoms with Crippen molar-refractivity contribution in [2.24, 2.45) is 0 Å². The van der Waals surface area contributed by atoms with Crippen LogP contribution in [0, 0.1) is 25.2 Å². The van der Waals surface area contributed by atoms with Crippen LogP contribution >= 0.6 is 0 Å². The number of aryl methyl sites for hydroxylation is 3. The summed E-state index contributed by atoms with van der Waals surface area (Å²) in [7, 11) is 0. The van der Waals surface area contributed by atoms with Crippen LogP contribution in [0.2, 0.25) is 0 Å². The Hall–Kier alpha value is -2.71. The number of hydrogen-bond acceptors (Lipinski definition) is 4. The van der Waals surface area contributed by atoms with Gasteiger partial charge >= 0.3 is 0 Å². The van der Waals surface area contributed by atoms with Crippen molar-refractivity contribution in [2.45, 2.75) is 33.6 Å². The van der Waals surface area contributed by atoms with Crippen LogP contribution in [0.4, 0.5) is 0 Å². The van der Waals surface area contributed by atoms with Gasteiger partial charge in [0.1, 0.15) is 17.4 Å². The van der Waals surface area contributed by atoms with E-state index in [0.29, 0.717) is 12.0 Å². The lowest BCUT2D eigenvalue weighted by Crippen LogP contribution is -2.03. The molecule has 1 aromatic carbocycles. The van der Waals surface area contributed by atoms with E-state index in [9.17, 15) is 5.26 Å². The molecule has 2 heterocycles. The van der Waals surface area contributed by atoms with Gasteiger partial charge in [0.05, 0.1) is 11.3 Å². The van der Waals surface area contributed by atoms with E-state index in [4.69, 9.17) is 10.1 Å². The average Bonchev–Trinajstić information content (AvgIpc) is 2.95. The largest absolute Gasteiger partial charge is 0.396 e. The highest BCUT2D eigenvalue weighted by atomic mass is 16.2. The fourth-order valence-electron chi connectivity index (χ4n) is 3.03. The molecule has 0 aliphatic carbocycles. The molecule has 0 amide bonds. The molecule has 0 unspecified atom stereocenters. The Bertz CT molecular complexity index is 933. The molecule has 0 saturated heterocycles. The predicted molar refractivity (Wildman–Crippen MR) is 93.2 cm³/mol. The summed E-state index contributed by atoms with van der Waals surface area (Å²) in [5.41, 5.74) is 5.87. The van der Waals surface area contributed by atoms with Gasteiger partial charge in [0, 0.05) is 18.7 Å². The van der Waals surface area contributed by atoms with Gasteiger partial charge in [-0.1, -0.05) is 19.1 Å². The third-order valence-corrected chi connectivity index (χ3v) is 4.31. The number of nitriles is 1. The highest BCUT2D eigenvalue weighted by Gasteiger charge is 2.18. The van der Waals surface area contributed by atoms with Crippen LogP contribution in [0.3, 0.4) is 0 Å². The molecule has 2 aromatic heterocycles. The lowest BCUT2D eigenvalue weighted by atomic mass is 10.1. The zero-order chi connectivity index (χ0) is 17.3. The van der Waals surface area contributed by atoms with Gasteiger partial charge in [0.2, 0.25) is 0 Å². The molecule has 5 nitrogen and oxygen atoms in total. The molecule has 0 aliphatic heterocycles. The second-order valence-corrected chi connectivity index (χ2v) is 5.84. The minimum absolute atomic E-state index is 0.143. The van der Waals surface area contributed by atoms with Gasteiger partial charge in [-0.2, -0.15) is 5.26 Å². The number of benzene rings is 1. The predicted octanol–water partition coefficient (Wildman–Crippen LogP) is 3.01. The minimum atomic E-state index is 0.143. The summed E-state index contributed by atoms with van der Waals surface area (Å²) in [5, 5.41) is 18.4. The van der Waals surface area contributed by atoms with E-state index in [1.54, 1.807) is 0 Å². The van der Waals surface area contributed by atoms with Crippen LogP contribution in [-0.2, 0) is 12.8 Å². The van der Waals surface area contributed by atoms with Gasteiger partial charge in [-0.05, 0) is 43.5 Å². The van der Waals surface area contributed by atoms with Crippen molar-refractivity contribution in [3.63, 3.8) is 0 Å². The monoisotopic (exact) mass is 320 g/mol. The van der Waals surface area contributed by atoms with Gasteiger partial charge in [-0.25, -0.2) is 9.97 Å². The highest BCUT2D eigenvalue weighted by Crippen LogP contribution is 2.26. The third-order valence-electron chi connectivity index (χ3n) is 4.31. The van der Waals surface area contributed by atoms with Gasteiger partial charge in [-0.15, -0.1) is 0 Å². The number of rotatable bonds is 4. The molecule has 1 N–H and O–H groups in total. The molecule has 0 atom stereocenters. The molecule has 5 heteroatoms. The van der Waals surface area contributed by atoms with Gasteiger partial charge in [0.15, 0.2) is 5.65 Å². The van der Waals surface area contributed by atoms with Crippen molar-refractivity contribution >= 4 is 11.2 Å². The van der Waals surface area contributed by atoms with Crippen LogP contribution in [-0.4, -0.2) is 26.2 Å². The molecule has 0 saturated carbocycles. The van der Waals surface area contributed by atoms with E-state index in [1.165, 1.54) is 0 Å². The summed E-state index contributed by atoms with van der Waals surface area (Å²) in [6.07, 6.45) is 1.42. The van der Waals surface area contributed by atoms with Gasteiger partial charge in [-0.3, -0.25) is 4.57 Å². The topological polar surface area (TPSA) is 74.7 Å². The number of aromatic nitrogens is 3. The maximum Gasteiger partial charge on any atom is 0.165 e. The Morgan fingerprint density at radius 3 is 2.46 bits per heavy atom. The molecule has 122 valence electrons. The van der Waals surface area contributed by atoms with Crippen molar-refractivity contribution in [3.8, 4) is 11.8 Å². The SMILES string of the molecule is CCc1nc2c(C)c(C#N)c(C)nc2n1-c1ccc(CCO)cc1. The summed E-state index contributed by atoms with van der Waals surface area (Å²) in [6, 6.07) is 10.3.